The molecule has 0 aliphatic rings. The van der Waals surface area contributed by atoms with Gasteiger partial charge < -0.3 is 5.32 Å². The Hall–Kier alpha value is -0.270. The Morgan fingerprint density at radius 2 is 1.19 bits per heavy atom. The van der Waals surface area contributed by atoms with Crippen molar-refractivity contribution in [3.05, 3.63) is 25.3 Å². The van der Waals surface area contributed by atoms with E-state index in [0.717, 1.165) is 19.4 Å². The molecule has 0 heterocycles. The predicted molar refractivity (Wildman–Crippen MR) is 101 cm³/mol. The van der Waals surface area contributed by atoms with E-state index >= 15 is 0 Å². The van der Waals surface area contributed by atoms with Crippen LogP contribution in [0, 0.1) is 0 Å². The van der Waals surface area contributed by atoms with Gasteiger partial charge in [0.05, 0.1) is 0 Å². The molecule has 0 spiro atoms. The van der Waals surface area contributed by atoms with Gasteiger partial charge in [0.2, 0.25) is 0 Å². The first-order chi connectivity index (χ1) is 9.85. The molecule has 1 N–H and O–H groups in total. The number of halogens is 1. The van der Waals surface area contributed by atoms with Crippen molar-refractivity contribution < 1.29 is 0 Å². The molecule has 126 valence electrons. The highest BCUT2D eigenvalue weighted by molar-refractivity contribution is 5.85. The lowest BCUT2D eigenvalue weighted by atomic mass is 10.1. The molecule has 0 bridgehead atoms. The molecule has 0 saturated carbocycles. The monoisotopic (exact) mass is 315 g/mol. The summed E-state index contributed by atoms with van der Waals surface area (Å²) in [5, 5.41) is 3.60. The SMILES string of the molecule is C=CCC(CC=C)NCCCCCCCCCCCC.Cl. The van der Waals surface area contributed by atoms with Crippen molar-refractivity contribution in [3.63, 3.8) is 0 Å². The lowest BCUT2D eigenvalue weighted by molar-refractivity contribution is 0.491. The number of hydrogen-bond donors (Lipinski definition) is 1. The van der Waals surface area contributed by atoms with Gasteiger partial charge in [-0.25, -0.2) is 0 Å². The summed E-state index contributed by atoms with van der Waals surface area (Å²) >= 11 is 0. The number of nitrogens with one attached hydrogen (secondary N) is 1. The number of rotatable bonds is 16. The lowest BCUT2D eigenvalue weighted by Gasteiger charge is -2.15. The maximum Gasteiger partial charge on any atom is 0.0136 e. The average molecular weight is 316 g/mol. The molecule has 0 aliphatic heterocycles. The maximum atomic E-state index is 3.81. The highest BCUT2D eigenvalue weighted by Gasteiger charge is 2.02. The van der Waals surface area contributed by atoms with E-state index in [4.69, 9.17) is 0 Å². The zero-order chi connectivity index (χ0) is 14.9. The fourth-order valence-electron chi connectivity index (χ4n) is 2.58. The fourth-order valence-corrected chi connectivity index (χ4v) is 2.58. The second-order valence-electron chi connectivity index (χ2n) is 5.88. The molecule has 2 heteroatoms. The third-order valence-electron chi connectivity index (χ3n) is 3.87. The summed E-state index contributed by atoms with van der Waals surface area (Å²) in [6, 6.07) is 0.545. The summed E-state index contributed by atoms with van der Waals surface area (Å²) in [7, 11) is 0. The molecule has 0 radical (unpaired) electrons. The van der Waals surface area contributed by atoms with Gasteiger partial charge in [-0.15, -0.1) is 25.6 Å². The van der Waals surface area contributed by atoms with Crippen molar-refractivity contribution in [1.29, 1.82) is 0 Å². The minimum absolute atomic E-state index is 0. The van der Waals surface area contributed by atoms with Gasteiger partial charge >= 0.3 is 0 Å². The Balaban J connectivity index is 0. The van der Waals surface area contributed by atoms with Gasteiger partial charge in [0.1, 0.15) is 0 Å². The molecule has 0 aromatic carbocycles. The van der Waals surface area contributed by atoms with Gasteiger partial charge in [0.25, 0.3) is 0 Å². The van der Waals surface area contributed by atoms with E-state index in [-0.39, 0.29) is 12.4 Å². The molecule has 0 aliphatic carbocycles. The van der Waals surface area contributed by atoms with E-state index in [1.165, 1.54) is 64.2 Å². The summed E-state index contributed by atoms with van der Waals surface area (Å²) in [6.45, 7) is 11.0. The van der Waals surface area contributed by atoms with Crippen molar-refractivity contribution in [3.8, 4) is 0 Å². The van der Waals surface area contributed by atoms with Gasteiger partial charge in [-0.1, -0.05) is 76.9 Å². The second kappa shape index (κ2) is 19.7. The van der Waals surface area contributed by atoms with Gasteiger partial charge in [0.15, 0.2) is 0 Å². The Morgan fingerprint density at radius 3 is 1.62 bits per heavy atom. The standard InChI is InChI=1S/C19H37N.ClH/c1-4-7-8-9-10-11-12-13-14-15-18-20-19(16-5-2)17-6-3;/h5-6,19-20H,2-4,7-18H2,1H3;1H. The zero-order valence-corrected chi connectivity index (χ0v) is 15.1. The van der Waals surface area contributed by atoms with E-state index in [1.54, 1.807) is 0 Å². The predicted octanol–water partition coefficient (Wildman–Crippen LogP) is 6.44. The molecule has 1 nitrogen and oxygen atoms in total. The fraction of sp³-hybridized carbons (Fsp3) is 0.789. The molecule has 0 aromatic heterocycles. The summed E-state index contributed by atoms with van der Waals surface area (Å²) in [6.07, 6.45) is 20.1. The Bertz CT molecular complexity index is 206. The van der Waals surface area contributed by atoms with Crippen molar-refractivity contribution in [2.24, 2.45) is 0 Å². The van der Waals surface area contributed by atoms with E-state index in [1.807, 2.05) is 12.2 Å². The van der Waals surface area contributed by atoms with Crippen LogP contribution in [-0.2, 0) is 0 Å². The van der Waals surface area contributed by atoms with E-state index in [9.17, 15) is 0 Å². The molecule has 0 saturated heterocycles. The van der Waals surface area contributed by atoms with Crippen LogP contribution in [0.15, 0.2) is 25.3 Å². The van der Waals surface area contributed by atoms with Crippen LogP contribution in [0.5, 0.6) is 0 Å². The van der Waals surface area contributed by atoms with Crippen LogP contribution in [-0.4, -0.2) is 12.6 Å². The summed E-state index contributed by atoms with van der Waals surface area (Å²) in [5.74, 6) is 0. The largest absolute Gasteiger partial charge is 0.313 e. The summed E-state index contributed by atoms with van der Waals surface area (Å²) in [5.41, 5.74) is 0. The van der Waals surface area contributed by atoms with Crippen LogP contribution in [0.1, 0.15) is 84.0 Å². The van der Waals surface area contributed by atoms with Crippen molar-refractivity contribution in [1.82, 2.24) is 5.32 Å². The van der Waals surface area contributed by atoms with E-state index < -0.39 is 0 Å². The van der Waals surface area contributed by atoms with Crippen LogP contribution in [0.2, 0.25) is 0 Å². The molecule has 0 atom stereocenters. The molecule has 0 fully saturated rings. The van der Waals surface area contributed by atoms with E-state index in [2.05, 4.69) is 25.4 Å². The van der Waals surface area contributed by atoms with Crippen LogP contribution < -0.4 is 5.32 Å². The van der Waals surface area contributed by atoms with Gasteiger partial charge in [-0.3, -0.25) is 0 Å². The summed E-state index contributed by atoms with van der Waals surface area (Å²) < 4.78 is 0. The molecule has 21 heavy (non-hydrogen) atoms. The first-order valence-corrected chi connectivity index (χ1v) is 8.80. The van der Waals surface area contributed by atoms with Gasteiger partial charge in [-0.2, -0.15) is 0 Å². The Labute approximate surface area is 140 Å². The second-order valence-corrected chi connectivity index (χ2v) is 5.88. The summed E-state index contributed by atoms with van der Waals surface area (Å²) in [4.78, 5) is 0. The topological polar surface area (TPSA) is 12.0 Å². The number of unbranched alkanes of at least 4 members (excludes halogenated alkanes) is 9. The highest BCUT2D eigenvalue weighted by Crippen LogP contribution is 2.10. The molecule has 0 amide bonds. The van der Waals surface area contributed by atoms with Crippen LogP contribution >= 0.6 is 12.4 Å². The number of hydrogen-bond acceptors (Lipinski definition) is 1. The highest BCUT2D eigenvalue weighted by atomic mass is 35.5. The van der Waals surface area contributed by atoms with Crippen LogP contribution in [0.3, 0.4) is 0 Å². The third kappa shape index (κ3) is 17.7. The smallest absolute Gasteiger partial charge is 0.0136 e. The first kappa shape index (κ1) is 23.0. The zero-order valence-electron chi connectivity index (χ0n) is 14.2. The molecule has 0 unspecified atom stereocenters. The minimum atomic E-state index is 0. The van der Waals surface area contributed by atoms with Gasteiger partial charge in [-0.05, 0) is 25.8 Å². The quantitative estimate of drug-likeness (QED) is 0.255. The average Bonchev–Trinajstić information content (AvgIpc) is 2.45. The van der Waals surface area contributed by atoms with Crippen molar-refractivity contribution >= 4 is 12.4 Å². The molecule has 0 aromatic rings. The first-order valence-electron chi connectivity index (χ1n) is 8.80. The third-order valence-corrected chi connectivity index (χ3v) is 3.87. The van der Waals surface area contributed by atoms with E-state index in [0.29, 0.717) is 6.04 Å². The van der Waals surface area contributed by atoms with Gasteiger partial charge in [0, 0.05) is 6.04 Å². The lowest BCUT2D eigenvalue weighted by Crippen LogP contribution is -2.28. The van der Waals surface area contributed by atoms with Crippen molar-refractivity contribution in [2.45, 2.75) is 90.0 Å². The Morgan fingerprint density at radius 1 is 0.762 bits per heavy atom. The molecular weight excluding hydrogens is 278 g/mol. The maximum absolute atomic E-state index is 3.81. The molecule has 0 rings (SSSR count). The van der Waals surface area contributed by atoms with Crippen molar-refractivity contribution in [2.75, 3.05) is 6.54 Å². The van der Waals surface area contributed by atoms with Crippen LogP contribution in [0.25, 0.3) is 0 Å². The van der Waals surface area contributed by atoms with Crippen LogP contribution in [0.4, 0.5) is 0 Å². The minimum Gasteiger partial charge on any atom is -0.313 e. The normalized spacial score (nSPS) is 10.4. The molecular formula is C19H38ClN. The Kier molecular flexibility index (Phi) is 21.6.